The second kappa shape index (κ2) is 8.36. The van der Waals surface area contributed by atoms with Crippen LogP contribution < -0.4 is 0 Å². The van der Waals surface area contributed by atoms with Crippen molar-refractivity contribution in [1.82, 2.24) is 0 Å². The van der Waals surface area contributed by atoms with Gasteiger partial charge in [0.15, 0.2) is 0 Å². The molecule has 2 aliphatic rings. The summed E-state index contributed by atoms with van der Waals surface area (Å²) in [4.78, 5) is 0. The lowest BCUT2D eigenvalue weighted by atomic mass is 9.75. The highest BCUT2D eigenvalue weighted by Crippen LogP contribution is 2.40. The van der Waals surface area contributed by atoms with E-state index in [2.05, 4.69) is 38.1 Å². The second-order valence-electron chi connectivity index (χ2n) is 8.30. The summed E-state index contributed by atoms with van der Waals surface area (Å²) in [6.07, 6.45) is 15.7. The van der Waals surface area contributed by atoms with Gasteiger partial charge in [-0.3, -0.25) is 0 Å². The lowest BCUT2D eigenvalue weighted by Crippen LogP contribution is -2.14. The molecular formula is C23H36. The third-order valence-corrected chi connectivity index (χ3v) is 6.85. The largest absolute Gasteiger partial charge is 0.0654 e. The Hall–Kier alpha value is -0.780. The van der Waals surface area contributed by atoms with Crippen LogP contribution >= 0.6 is 0 Å². The Morgan fingerprint density at radius 3 is 1.48 bits per heavy atom. The van der Waals surface area contributed by atoms with Crippen LogP contribution in [0.25, 0.3) is 0 Å². The minimum absolute atomic E-state index is 0.840. The molecule has 0 N–H and O–H groups in total. The standard InChI is InChI=1S/C23H36/c1-3-5-19-8-12-21(13-9-19)23-16-14-22(15-17-23)20-10-6-18(4-2)7-11-20/h14-21H,3-13H2,1-2H3/t18-,19-,20-,21-. The van der Waals surface area contributed by atoms with E-state index < -0.39 is 0 Å². The van der Waals surface area contributed by atoms with Crippen molar-refractivity contribution in [2.24, 2.45) is 11.8 Å². The van der Waals surface area contributed by atoms with Gasteiger partial charge < -0.3 is 0 Å². The van der Waals surface area contributed by atoms with Gasteiger partial charge in [-0.15, -0.1) is 0 Å². The molecule has 0 saturated heterocycles. The van der Waals surface area contributed by atoms with Crippen molar-refractivity contribution >= 4 is 0 Å². The maximum atomic E-state index is 2.46. The van der Waals surface area contributed by atoms with Crippen LogP contribution in [-0.2, 0) is 0 Å². The summed E-state index contributed by atoms with van der Waals surface area (Å²) in [7, 11) is 0. The van der Waals surface area contributed by atoms with Crippen LogP contribution in [0.5, 0.6) is 0 Å². The maximum Gasteiger partial charge on any atom is -0.0162 e. The topological polar surface area (TPSA) is 0 Å². The number of benzene rings is 1. The molecule has 2 fully saturated rings. The van der Waals surface area contributed by atoms with Crippen molar-refractivity contribution in [2.75, 3.05) is 0 Å². The van der Waals surface area contributed by atoms with Crippen LogP contribution in [-0.4, -0.2) is 0 Å². The molecule has 0 nitrogen and oxygen atoms in total. The molecule has 23 heavy (non-hydrogen) atoms. The van der Waals surface area contributed by atoms with Gasteiger partial charge in [-0.25, -0.2) is 0 Å². The van der Waals surface area contributed by atoms with Gasteiger partial charge in [-0.05, 0) is 86.2 Å². The lowest BCUT2D eigenvalue weighted by Gasteiger charge is -2.30. The summed E-state index contributed by atoms with van der Waals surface area (Å²) < 4.78 is 0. The Labute approximate surface area is 144 Å². The van der Waals surface area contributed by atoms with E-state index >= 15 is 0 Å². The third kappa shape index (κ3) is 4.40. The molecule has 2 aliphatic carbocycles. The quantitative estimate of drug-likeness (QED) is 0.529. The van der Waals surface area contributed by atoms with Gasteiger partial charge in [0.2, 0.25) is 0 Å². The zero-order chi connectivity index (χ0) is 16.1. The maximum absolute atomic E-state index is 2.46. The molecule has 0 unspecified atom stereocenters. The summed E-state index contributed by atoms with van der Waals surface area (Å²) in [5.74, 6) is 3.70. The molecule has 0 spiro atoms. The van der Waals surface area contributed by atoms with Crippen LogP contribution in [0.3, 0.4) is 0 Å². The van der Waals surface area contributed by atoms with Crippen LogP contribution in [0.2, 0.25) is 0 Å². The SMILES string of the molecule is CCC[C@H]1CC[C@H](c2ccc([C@H]3CC[C@H](CC)CC3)cc2)CC1. The van der Waals surface area contributed by atoms with Crippen LogP contribution in [0, 0.1) is 11.8 Å². The zero-order valence-corrected chi connectivity index (χ0v) is 15.4. The summed E-state index contributed by atoms with van der Waals surface area (Å²) in [5.41, 5.74) is 3.23. The predicted octanol–water partition coefficient (Wildman–Crippen LogP) is 7.44. The van der Waals surface area contributed by atoms with Gasteiger partial charge in [0, 0.05) is 0 Å². The van der Waals surface area contributed by atoms with E-state index in [0.29, 0.717) is 0 Å². The first-order chi connectivity index (χ1) is 11.3. The molecule has 0 bridgehead atoms. The number of hydrogen-bond donors (Lipinski definition) is 0. The van der Waals surface area contributed by atoms with Gasteiger partial charge in [-0.1, -0.05) is 57.4 Å². The molecule has 0 radical (unpaired) electrons. The van der Waals surface area contributed by atoms with Crippen molar-refractivity contribution in [3.05, 3.63) is 35.4 Å². The molecule has 3 rings (SSSR count). The van der Waals surface area contributed by atoms with E-state index in [1.54, 1.807) is 11.1 Å². The van der Waals surface area contributed by atoms with E-state index in [4.69, 9.17) is 0 Å². The van der Waals surface area contributed by atoms with Gasteiger partial charge in [-0.2, -0.15) is 0 Å². The minimum Gasteiger partial charge on any atom is -0.0654 e. The summed E-state index contributed by atoms with van der Waals surface area (Å²) >= 11 is 0. The fourth-order valence-corrected chi connectivity index (χ4v) is 5.14. The van der Waals surface area contributed by atoms with Crippen LogP contribution in [0.1, 0.15) is 107 Å². The third-order valence-electron chi connectivity index (χ3n) is 6.85. The Morgan fingerprint density at radius 2 is 1.09 bits per heavy atom. The molecule has 2 saturated carbocycles. The Morgan fingerprint density at radius 1 is 0.652 bits per heavy atom. The highest BCUT2D eigenvalue weighted by Gasteiger charge is 2.23. The van der Waals surface area contributed by atoms with Crippen molar-refractivity contribution < 1.29 is 0 Å². The highest BCUT2D eigenvalue weighted by atomic mass is 14.3. The molecular weight excluding hydrogens is 276 g/mol. The van der Waals surface area contributed by atoms with E-state index in [0.717, 1.165) is 23.7 Å². The first-order valence-corrected chi connectivity index (χ1v) is 10.4. The fourth-order valence-electron chi connectivity index (χ4n) is 5.14. The number of hydrogen-bond acceptors (Lipinski definition) is 0. The van der Waals surface area contributed by atoms with Crippen LogP contribution in [0.4, 0.5) is 0 Å². The van der Waals surface area contributed by atoms with E-state index in [9.17, 15) is 0 Å². The lowest BCUT2D eigenvalue weighted by molar-refractivity contribution is 0.308. The summed E-state index contributed by atoms with van der Waals surface area (Å²) in [6.45, 7) is 4.69. The van der Waals surface area contributed by atoms with Gasteiger partial charge in [0.25, 0.3) is 0 Å². The van der Waals surface area contributed by atoms with Crippen molar-refractivity contribution in [3.8, 4) is 0 Å². The molecule has 1 aromatic carbocycles. The van der Waals surface area contributed by atoms with Gasteiger partial charge >= 0.3 is 0 Å². The second-order valence-corrected chi connectivity index (χ2v) is 8.30. The molecule has 0 heterocycles. The van der Waals surface area contributed by atoms with Gasteiger partial charge in [0.05, 0.1) is 0 Å². The molecule has 0 amide bonds. The fraction of sp³-hybridized carbons (Fsp3) is 0.739. The average molecular weight is 313 g/mol. The van der Waals surface area contributed by atoms with Crippen molar-refractivity contribution in [1.29, 1.82) is 0 Å². The van der Waals surface area contributed by atoms with E-state index in [-0.39, 0.29) is 0 Å². The van der Waals surface area contributed by atoms with Gasteiger partial charge in [0.1, 0.15) is 0 Å². The minimum atomic E-state index is 0.840. The predicted molar refractivity (Wildman–Crippen MR) is 101 cm³/mol. The zero-order valence-electron chi connectivity index (χ0n) is 15.4. The monoisotopic (exact) mass is 312 g/mol. The first-order valence-electron chi connectivity index (χ1n) is 10.4. The van der Waals surface area contributed by atoms with E-state index in [1.807, 2.05) is 0 Å². The summed E-state index contributed by atoms with van der Waals surface area (Å²) in [6, 6.07) is 9.85. The molecule has 0 aliphatic heterocycles. The van der Waals surface area contributed by atoms with Crippen molar-refractivity contribution in [2.45, 2.75) is 96.3 Å². The molecule has 0 heteroatoms. The molecule has 128 valence electrons. The smallest absolute Gasteiger partial charge is 0.0162 e. The Balaban J connectivity index is 1.53. The van der Waals surface area contributed by atoms with Crippen LogP contribution in [0.15, 0.2) is 24.3 Å². The summed E-state index contributed by atoms with van der Waals surface area (Å²) in [5, 5.41) is 0. The molecule has 0 atom stereocenters. The Kier molecular flexibility index (Phi) is 6.20. The highest BCUT2D eigenvalue weighted by molar-refractivity contribution is 5.28. The molecule has 1 aromatic rings. The Bertz CT molecular complexity index is 441. The average Bonchev–Trinajstić information content (AvgIpc) is 2.63. The normalized spacial score (nSPS) is 31.9. The number of rotatable bonds is 5. The van der Waals surface area contributed by atoms with E-state index in [1.165, 1.54) is 70.6 Å². The first kappa shape index (κ1) is 17.1. The molecule has 0 aromatic heterocycles. The van der Waals surface area contributed by atoms with Crippen molar-refractivity contribution in [3.63, 3.8) is 0 Å².